The summed E-state index contributed by atoms with van der Waals surface area (Å²) in [6, 6.07) is 15.3. The predicted octanol–water partition coefficient (Wildman–Crippen LogP) is 4.25. The molecule has 0 saturated heterocycles. The van der Waals surface area contributed by atoms with Crippen LogP contribution in [-0.4, -0.2) is 37.2 Å². The molecule has 1 fully saturated rings. The Morgan fingerprint density at radius 2 is 1.94 bits per heavy atom. The van der Waals surface area contributed by atoms with E-state index in [-0.39, 0.29) is 29.1 Å². The van der Waals surface area contributed by atoms with Crippen LogP contribution in [0.15, 0.2) is 60.9 Å². The van der Waals surface area contributed by atoms with Gasteiger partial charge in [-0.3, -0.25) is 19.1 Å². The lowest BCUT2D eigenvalue weighted by Crippen LogP contribution is -2.27. The third-order valence-electron chi connectivity index (χ3n) is 7.39. The number of carbonyl (C=O) groups excluding carboxylic acids is 3. The highest BCUT2D eigenvalue weighted by atomic mass is 16.2. The lowest BCUT2D eigenvalue weighted by Gasteiger charge is -2.16. The highest BCUT2D eigenvalue weighted by Gasteiger charge is 2.64. The fraction of sp³-hybridized carbons (Fsp3) is 0.250. The third-order valence-corrected chi connectivity index (χ3v) is 7.39. The number of ketones is 2. The summed E-state index contributed by atoms with van der Waals surface area (Å²) in [5.74, 6) is -0.185. The topological polar surface area (TPSA) is 110 Å². The van der Waals surface area contributed by atoms with Crippen molar-refractivity contribution in [3.63, 3.8) is 0 Å². The molecule has 2 atom stereocenters. The maximum atomic E-state index is 13.4. The SMILES string of the molecule is Cn1ccc(C(=O)Nc2cc(-c3[nH]c4c(c3CCc3ccccc3)C(=O)[C@H]3C[C@@]3(C)C4=O)ccn2)n1. The number of amides is 1. The monoisotopic (exact) mass is 479 g/mol. The molecule has 6 rings (SSSR count). The molecule has 8 nitrogen and oxygen atoms in total. The van der Waals surface area contributed by atoms with E-state index in [4.69, 9.17) is 0 Å². The molecule has 0 spiro atoms. The lowest BCUT2D eigenvalue weighted by molar-refractivity contribution is 0.0820. The number of aryl methyl sites for hydroxylation is 2. The van der Waals surface area contributed by atoms with Crippen molar-refractivity contribution in [2.75, 3.05) is 5.32 Å². The Morgan fingerprint density at radius 1 is 1.14 bits per heavy atom. The number of benzene rings is 1. The quantitative estimate of drug-likeness (QED) is 0.430. The van der Waals surface area contributed by atoms with Crippen LogP contribution in [-0.2, 0) is 19.9 Å². The molecule has 0 radical (unpaired) electrons. The summed E-state index contributed by atoms with van der Waals surface area (Å²) >= 11 is 0. The average molecular weight is 480 g/mol. The first kappa shape index (κ1) is 22.2. The summed E-state index contributed by atoms with van der Waals surface area (Å²) in [6.45, 7) is 1.88. The third kappa shape index (κ3) is 3.57. The van der Waals surface area contributed by atoms with E-state index in [2.05, 4.69) is 32.5 Å². The Hall–Kier alpha value is -4.33. The maximum Gasteiger partial charge on any atom is 0.277 e. The van der Waals surface area contributed by atoms with Crippen molar-refractivity contribution >= 4 is 23.3 Å². The van der Waals surface area contributed by atoms with Gasteiger partial charge in [0.25, 0.3) is 5.91 Å². The molecule has 2 N–H and O–H groups in total. The molecule has 0 unspecified atom stereocenters. The van der Waals surface area contributed by atoms with Crippen LogP contribution in [0.25, 0.3) is 11.3 Å². The highest BCUT2D eigenvalue weighted by molar-refractivity contribution is 6.21. The number of aromatic nitrogens is 4. The first-order valence-electron chi connectivity index (χ1n) is 12.0. The second kappa shape index (κ2) is 8.12. The van der Waals surface area contributed by atoms with Crippen LogP contribution in [0, 0.1) is 11.3 Å². The minimum Gasteiger partial charge on any atom is -0.351 e. The summed E-state index contributed by atoms with van der Waals surface area (Å²) in [6.07, 6.45) is 5.24. The molecule has 8 heteroatoms. The standard InChI is InChI=1S/C28H25N5O3/c1-28-15-19(28)25(34)22-18(9-8-16-6-4-3-5-7-16)23(31-24(22)26(28)35)17-10-12-29-21(14-17)30-27(36)20-11-13-33(2)32-20/h3-7,10-14,19,31H,8-9,15H2,1-2H3,(H,29,30,36)/t19-,28-/m1/s1. The number of rotatable bonds is 6. The molecule has 0 bridgehead atoms. The number of nitrogens with one attached hydrogen (secondary N) is 2. The van der Waals surface area contributed by atoms with Gasteiger partial charge in [0.2, 0.25) is 0 Å². The summed E-state index contributed by atoms with van der Waals surface area (Å²) < 4.78 is 1.56. The average Bonchev–Trinajstić information content (AvgIpc) is 3.21. The molecule has 0 aliphatic heterocycles. The summed E-state index contributed by atoms with van der Waals surface area (Å²) in [4.78, 5) is 46.9. The van der Waals surface area contributed by atoms with E-state index in [0.29, 0.717) is 29.9 Å². The number of fused-ring (bicyclic) bond motifs is 2. The van der Waals surface area contributed by atoms with Crippen LogP contribution >= 0.6 is 0 Å². The molecule has 1 aromatic carbocycles. The number of H-pyrrole nitrogens is 1. The Labute approximate surface area is 207 Å². The molecule has 3 aromatic heterocycles. The van der Waals surface area contributed by atoms with Gasteiger partial charge >= 0.3 is 0 Å². The number of anilines is 1. The Bertz CT molecular complexity index is 1530. The van der Waals surface area contributed by atoms with Crippen molar-refractivity contribution in [1.29, 1.82) is 0 Å². The van der Waals surface area contributed by atoms with E-state index < -0.39 is 5.41 Å². The smallest absolute Gasteiger partial charge is 0.277 e. The van der Waals surface area contributed by atoms with Crippen molar-refractivity contribution in [2.24, 2.45) is 18.4 Å². The van der Waals surface area contributed by atoms with Crippen LogP contribution in [0.5, 0.6) is 0 Å². The van der Waals surface area contributed by atoms with E-state index in [1.54, 1.807) is 36.3 Å². The molecular weight excluding hydrogens is 454 g/mol. The van der Waals surface area contributed by atoms with Gasteiger partial charge in [0.15, 0.2) is 17.3 Å². The van der Waals surface area contributed by atoms with Crippen molar-refractivity contribution in [1.82, 2.24) is 19.7 Å². The van der Waals surface area contributed by atoms with Crippen molar-refractivity contribution in [3.05, 3.63) is 89.0 Å². The van der Waals surface area contributed by atoms with Crippen LogP contribution in [0.4, 0.5) is 5.82 Å². The first-order valence-corrected chi connectivity index (χ1v) is 12.0. The molecule has 4 aromatic rings. The molecule has 36 heavy (non-hydrogen) atoms. The van der Waals surface area contributed by atoms with Gasteiger partial charge in [-0.25, -0.2) is 4.98 Å². The lowest BCUT2D eigenvalue weighted by atomic mass is 9.84. The number of aromatic amines is 1. The van der Waals surface area contributed by atoms with Gasteiger partial charge in [-0.1, -0.05) is 37.3 Å². The second-order valence-electron chi connectivity index (χ2n) is 9.84. The van der Waals surface area contributed by atoms with Crippen molar-refractivity contribution < 1.29 is 14.4 Å². The van der Waals surface area contributed by atoms with E-state index in [1.165, 1.54) is 0 Å². The summed E-state index contributed by atoms with van der Waals surface area (Å²) in [7, 11) is 1.74. The molecule has 1 amide bonds. The maximum absolute atomic E-state index is 13.4. The predicted molar refractivity (Wildman–Crippen MR) is 134 cm³/mol. The van der Waals surface area contributed by atoms with Gasteiger partial charge in [0, 0.05) is 36.3 Å². The van der Waals surface area contributed by atoms with Gasteiger partial charge in [-0.2, -0.15) is 5.10 Å². The normalized spacial score (nSPS) is 20.1. The van der Waals surface area contributed by atoms with E-state index in [9.17, 15) is 14.4 Å². The number of carbonyl (C=O) groups is 3. The van der Waals surface area contributed by atoms with Crippen molar-refractivity contribution in [3.8, 4) is 11.3 Å². The number of hydrogen-bond acceptors (Lipinski definition) is 5. The van der Waals surface area contributed by atoms with Crippen LogP contribution in [0.3, 0.4) is 0 Å². The minimum absolute atomic E-state index is 0.00652. The van der Waals surface area contributed by atoms with Crippen LogP contribution in [0.1, 0.15) is 55.8 Å². The minimum atomic E-state index is -0.594. The summed E-state index contributed by atoms with van der Waals surface area (Å²) in [5, 5.41) is 6.91. The molecule has 180 valence electrons. The number of hydrogen-bond donors (Lipinski definition) is 2. The van der Waals surface area contributed by atoms with Crippen molar-refractivity contribution in [2.45, 2.75) is 26.2 Å². The van der Waals surface area contributed by atoms with Gasteiger partial charge in [-0.05, 0) is 48.6 Å². The molecule has 1 saturated carbocycles. The summed E-state index contributed by atoms with van der Waals surface area (Å²) in [5.41, 5.74) is 4.09. The number of pyridine rings is 1. The van der Waals surface area contributed by atoms with Crippen LogP contribution < -0.4 is 5.32 Å². The zero-order valence-electron chi connectivity index (χ0n) is 20.0. The van der Waals surface area contributed by atoms with E-state index in [1.807, 2.05) is 31.2 Å². The zero-order chi connectivity index (χ0) is 25.0. The fourth-order valence-electron chi connectivity index (χ4n) is 5.22. The highest BCUT2D eigenvalue weighted by Crippen LogP contribution is 2.59. The Balaban J connectivity index is 1.38. The van der Waals surface area contributed by atoms with E-state index >= 15 is 0 Å². The largest absolute Gasteiger partial charge is 0.351 e. The van der Waals surface area contributed by atoms with Gasteiger partial charge < -0.3 is 10.3 Å². The zero-order valence-corrected chi connectivity index (χ0v) is 20.0. The molecule has 3 heterocycles. The number of nitrogens with zero attached hydrogens (tertiary/aromatic N) is 3. The van der Waals surface area contributed by atoms with E-state index in [0.717, 1.165) is 28.8 Å². The Morgan fingerprint density at radius 3 is 2.69 bits per heavy atom. The molecular formula is C28H25N5O3. The second-order valence-corrected chi connectivity index (χ2v) is 9.84. The molecule has 2 aliphatic rings. The Kier molecular flexibility index (Phi) is 5.00. The van der Waals surface area contributed by atoms with Gasteiger partial charge in [-0.15, -0.1) is 0 Å². The molecule has 2 aliphatic carbocycles. The fourth-order valence-corrected chi connectivity index (χ4v) is 5.22. The first-order chi connectivity index (χ1) is 17.3. The van der Waals surface area contributed by atoms with Gasteiger partial charge in [0.1, 0.15) is 5.82 Å². The number of Topliss-reactive ketones (excluding diaryl/α,β-unsaturated/α-hetero) is 2. The van der Waals surface area contributed by atoms with Gasteiger partial charge in [0.05, 0.1) is 17.0 Å². The van der Waals surface area contributed by atoms with Crippen LogP contribution in [0.2, 0.25) is 0 Å².